The molecule has 1 heterocycles. The molecule has 0 aliphatic carbocycles. The van der Waals surface area contributed by atoms with Crippen LogP contribution in [0.5, 0.6) is 11.5 Å². The highest BCUT2D eigenvalue weighted by atomic mass is 16.5. The fourth-order valence-electron chi connectivity index (χ4n) is 5.03. The summed E-state index contributed by atoms with van der Waals surface area (Å²) in [4.78, 5) is 26.0. The second kappa shape index (κ2) is 11.7. The van der Waals surface area contributed by atoms with Gasteiger partial charge in [0.2, 0.25) is 5.91 Å². The van der Waals surface area contributed by atoms with E-state index >= 15 is 0 Å². The van der Waals surface area contributed by atoms with Crippen molar-refractivity contribution in [2.75, 3.05) is 20.2 Å². The number of hydrogen-bond acceptors (Lipinski definition) is 4. The maximum absolute atomic E-state index is 13.1. The molecule has 38 heavy (non-hydrogen) atoms. The zero-order chi connectivity index (χ0) is 27.3. The number of rotatable bonds is 11. The number of nitrogens with zero attached hydrogens (tertiary/aromatic N) is 1. The summed E-state index contributed by atoms with van der Waals surface area (Å²) in [6.45, 7) is 6.52. The van der Waals surface area contributed by atoms with Crippen LogP contribution in [0.1, 0.15) is 54.5 Å². The van der Waals surface area contributed by atoms with Crippen molar-refractivity contribution in [2.45, 2.75) is 58.0 Å². The molecule has 1 aliphatic rings. The molecular formula is C32H37NO5. The summed E-state index contributed by atoms with van der Waals surface area (Å²) >= 11 is 0. The molecule has 0 radical (unpaired) electrons. The maximum atomic E-state index is 13.1. The predicted molar refractivity (Wildman–Crippen MR) is 148 cm³/mol. The van der Waals surface area contributed by atoms with Crippen molar-refractivity contribution >= 4 is 11.9 Å². The molecule has 0 bridgehead atoms. The molecule has 6 nitrogen and oxygen atoms in total. The van der Waals surface area contributed by atoms with Gasteiger partial charge in [-0.25, -0.2) is 0 Å². The molecule has 0 aromatic heterocycles. The van der Waals surface area contributed by atoms with Gasteiger partial charge in [-0.05, 0) is 65.3 Å². The Labute approximate surface area is 225 Å². The van der Waals surface area contributed by atoms with E-state index in [-0.39, 0.29) is 24.5 Å². The second-order valence-corrected chi connectivity index (χ2v) is 10.7. The first kappa shape index (κ1) is 27.2. The monoisotopic (exact) mass is 515 g/mol. The summed E-state index contributed by atoms with van der Waals surface area (Å²) in [5.74, 6) is 0.888. The largest absolute Gasteiger partial charge is 0.497 e. The van der Waals surface area contributed by atoms with E-state index in [1.54, 1.807) is 7.11 Å². The van der Waals surface area contributed by atoms with Gasteiger partial charge in [0, 0.05) is 19.4 Å². The van der Waals surface area contributed by atoms with E-state index < -0.39 is 5.97 Å². The molecule has 6 heteroatoms. The Bertz CT molecular complexity index is 1270. The molecule has 0 saturated heterocycles. The number of benzene rings is 3. The lowest BCUT2D eigenvalue weighted by Gasteiger charge is -2.24. The van der Waals surface area contributed by atoms with E-state index in [0.717, 1.165) is 41.0 Å². The van der Waals surface area contributed by atoms with Gasteiger partial charge in [0.15, 0.2) is 0 Å². The predicted octanol–water partition coefficient (Wildman–Crippen LogP) is 5.45. The molecular weight excluding hydrogens is 478 g/mol. The number of hydrogen-bond donors (Lipinski definition) is 1. The summed E-state index contributed by atoms with van der Waals surface area (Å²) in [7, 11) is 1.61. The molecule has 1 amide bonds. The van der Waals surface area contributed by atoms with Gasteiger partial charge in [-0.3, -0.25) is 9.59 Å². The normalized spacial score (nSPS) is 16.1. The van der Waals surface area contributed by atoms with Gasteiger partial charge in [-0.1, -0.05) is 62.4 Å². The molecule has 1 atom stereocenters. The van der Waals surface area contributed by atoms with Crippen LogP contribution in [-0.2, 0) is 35.3 Å². The summed E-state index contributed by atoms with van der Waals surface area (Å²) in [5, 5.41) is 9.39. The fourth-order valence-corrected chi connectivity index (χ4v) is 5.03. The minimum absolute atomic E-state index is 0.149. The van der Waals surface area contributed by atoms with Gasteiger partial charge in [0.05, 0.1) is 13.5 Å². The molecule has 1 aliphatic heterocycles. The third kappa shape index (κ3) is 6.94. The van der Waals surface area contributed by atoms with Crippen LogP contribution in [0.15, 0.2) is 66.7 Å². The number of carbonyl (C=O) groups is 2. The molecule has 0 saturated carbocycles. The van der Waals surface area contributed by atoms with Gasteiger partial charge in [-0.15, -0.1) is 0 Å². The summed E-state index contributed by atoms with van der Waals surface area (Å²) in [6.07, 6.45) is 2.27. The molecule has 200 valence electrons. The van der Waals surface area contributed by atoms with Crippen LogP contribution >= 0.6 is 0 Å². The number of methoxy groups -OCH3 is 1. The average Bonchev–Trinajstić information content (AvgIpc) is 3.21. The van der Waals surface area contributed by atoms with Crippen LogP contribution in [0.4, 0.5) is 0 Å². The quantitative estimate of drug-likeness (QED) is 0.367. The fraction of sp³-hybridized carbons (Fsp3) is 0.375. The van der Waals surface area contributed by atoms with Crippen molar-refractivity contribution in [3.63, 3.8) is 0 Å². The van der Waals surface area contributed by atoms with Gasteiger partial charge in [0.25, 0.3) is 0 Å². The molecule has 0 spiro atoms. The number of fused-ring (bicyclic) bond motifs is 1. The molecule has 4 rings (SSSR count). The number of carboxylic acid groups (broad SMARTS) is 1. The Morgan fingerprint density at radius 3 is 2.29 bits per heavy atom. The van der Waals surface area contributed by atoms with Crippen molar-refractivity contribution in [3.05, 3.63) is 94.5 Å². The number of aliphatic carboxylic acids is 1. The Hall–Kier alpha value is -3.80. The zero-order valence-corrected chi connectivity index (χ0v) is 22.7. The molecule has 3 aromatic carbocycles. The van der Waals surface area contributed by atoms with E-state index in [9.17, 15) is 14.7 Å². The molecule has 0 unspecified atom stereocenters. The topological polar surface area (TPSA) is 76.1 Å². The summed E-state index contributed by atoms with van der Waals surface area (Å²) in [6, 6.07) is 22.2. The van der Waals surface area contributed by atoms with Crippen LogP contribution in [0.25, 0.3) is 0 Å². The number of ether oxygens (including phenoxy) is 2. The second-order valence-electron chi connectivity index (χ2n) is 10.7. The smallest absolute Gasteiger partial charge is 0.323 e. The number of carboxylic acids is 1. The van der Waals surface area contributed by atoms with Gasteiger partial charge < -0.3 is 19.5 Å². The first-order valence-electron chi connectivity index (χ1n) is 13.2. The molecule has 3 aromatic rings. The minimum Gasteiger partial charge on any atom is -0.497 e. The van der Waals surface area contributed by atoms with Crippen molar-refractivity contribution in [1.82, 2.24) is 4.90 Å². The van der Waals surface area contributed by atoms with Crippen molar-refractivity contribution < 1.29 is 24.2 Å². The minimum atomic E-state index is -1.02. The highest BCUT2D eigenvalue weighted by Gasteiger charge is 2.35. The average molecular weight is 516 g/mol. The summed E-state index contributed by atoms with van der Waals surface area (Å²) in [5.41, 5.74) is 5.17. The van der Waals surface area contributed by atoms with Crippen molar-refractivity contribution in [3.8, 4) is 11.5 Å². The van der Waals surface area contributed by atoms with Crippen LogP contribution in [0.3, 0.4) is 0 Å². The highest BCUT2D eigenvalue weighted by Crippen LogP contribution is 2.37. The van der Waals surface area contributed by atoms with Crippen molar-refractivity contribution in [2.24, 2.45) is 0 Å². The van der Waals surface area contributed by atoms with Crippen molar-refractivity contribution in [1.29, 1.82) is 0 Å². The van der Waals surface area contributed by atoms with E-state index in [4.69, 9.17) is 9.47 Å². The Morgan fingerprint density at radius 2 is 1.66 bits per heavy atom. The number of amides is 1. The Kier molecular flexibility index (Phi) is 8.40. The lowest BCUT2D eigenvalue weighted by molar-refractivity contribution is -0.144. The third-order valence-corrected chi connectivity index (χ3v) is 7.13. The SMILES string of the molecule is COc1ccc(CCN(CC(=O)O)C(=O)Cc2ccc3c(c2)C[C@@](C)(Cc2ccc(C(C)C)cc2)O3)cc1. The summed E-state index contributed by atoms with van der Waals surface area (Å²) < 4.78 is 11.5. The van der Waals surface area contributed by atoms with Gasteiger partial charge in [-0.2, -0.15) is 0 Å². The lowest BCUT2D eigenvalue weighted by Crippen LogP contribution is -2.38. The standard InChI is InChI=1S/C32H37NO5/c1-22(2)26-10-5-24(6-11-26)19-32(3)20-27-17-25(9-14-29(27)38-32)18-30(34)33(21-31(35)36)16-15-23-7-12-28(37-4)13-8-23/h5-14,17,22H,15-16,18-21H2,1-4H3,(H,35,36)/t32-/m1/s1. The van der Waals surface area contributed by atoms with Crippen LogP contribution in [0, 0.1) is 0 Å². The Morgan fingerprint density at radius 1 is 1.00 bits per heavy atom. The molecule has 1 N–H and O–H groups in total. The van der Waals surface area contributed by atoms with Crippen LogP contribution < -0.4 is 9.47 Å². The first-order valence-corrected chi connectivity index (χ1v) is 13.2. The lowest BCUT2D eigenvalue weighted by atomic mass is 9.90. The first-order chi connectivity index (χ1) is 18.1. The highest BCUT2D eigenvalue weighted by molar-refractivity contribution is 5.83. The van der Waals surface area contributed by atoms with Crippen LogP contribution in [0.2, 0.25) is 0 Å². The Balaban J connectivity index is 1.39. The zero-order valence-electron chi connectivity index (χ0n) is 22.7. The van der Waals surface area contributed by atoms with Gasteiger partial charge >= 0.3 is 5.97 Å². The third-order valence-electron chi connectivity index (χ3n) is 7.13. The van der Waals surface area contributed by atoms with Crippen LogP contribution in [-0.4, -0.2) is 47.7 Å². The van der Waals surface area contributed by atoms with E-state index in [2.05, 4.69) is 45.0 Å². The maximum Gasteiger partial charge on any atom is 0.323 e. The van der Waals surface area contributed by atoms with E-state index in [0.29, 0.717) is 18.9 Å². The molecule has 0 fully saturated rings. The van der Waals surface area contributed by atoms with E-state index in [1.807, 2.05) is 42.5 Å². The van der Waals surface area contributed by atoms with Gasteiger partial charge in [0.1, 0.15) is 23.6 Å². The van der Waals surface area contributed by atoms with E-state index in [1.165, 1.54) is 16.0 Å². The number of carbonyl (C=O) groups excluding carboxylic acids is 1.